The standard InChI is InChI=1S/C26H43N5O2S/c1-2-3-4-5-6-7-8-9-10-11-12-13-14-15-19-27-25-24(31(32)33)26(30-22-29-25)28-20-18-23-17-16-21-34-23/h16-17,21-22H,2-15,18-20H2,1H3,(H2,27,28,29,30). The quantitative estimate of drug-likeness (QED) is 0.105. The van der Waals surface area contributed by atoms with Crippen LogP contribution >= 0.6 is 11.3 Å². The first kappa shape index (κ1) is 28.0. The minimum absolute atomic E-state index is 0.0703. The van der Waals surface area contributed by atoms with Gasteiger partial charge in [0.2, 0.25) is 11.6 Å². The summed E-state index contributed by atoms with van der Waals surface area (Å²) in [7, 11) is 0. The molecule has 7 nitrogen and oxygen atoms in total. The zero-order chi connectivity index (χ0) is 24.3. The lowest BCUT2D eigenvalue weighted by molar-refractivity contribution is -0.383. The first-order chi connectivity index (χ1) is 16.7. The van der Waals surface area contributed by atoms with E-state index in [1.807, 2.05) is 11.4 Å². The molecule has 8 heteroatoms. The second-order valence-corrected chi connectivity index (χ2v) is 9.99. The third-order valence-corrected chi connectivity index (χ3v) is 7.01. The lowest BCUT2D eigenvalue weighted by Crippen LogP contribution is -2.12. The number of aromatic nitrogens is 2. The molecule has 0 aliphatic heterocycles. The second kappa shape index (κ2) is 18.2. The molecule has 0 saturated carbocycles. The van der Waals surface area contributed by atoms with Crippen molar-refractivity contribution in [2.24, 2.45) is 0 Å². The molecule has 190 valence electrons. The highest BCUT2D eigenvalue weighted by Gasteiger charge is 2.22. The highest BCUT2D eigenvalue weighted by molar-refractivity contribution is 7.09. The molecule has 0 radical (unpaired) electrons. The number of nitrogens with zero attached hydrogens (tertiary/aromatic N) is 3. The summed E-state index contributed by atoms with van der Waals surface area (Å²) < 4.78 is 0. The van der Waals surface area contributed by atoms with Gasteiger partial charge in [-0.2, -0.15) is 0 Å². The average Bonchev–Trinajstić information content (AvgIpc) is 3.35. The van der Waals surface area contributed by atoms with E-state index in [1.165, 1.54) is 88.3 Å². The van der Waals surface area contributed by atoms with Gasteiger partial charge < -0.3 is 10.6 Å². The van der Waals surface area contributed by atoms with Gasteiger partial charge in [0.05, 0.1) is 4.92 Å². The number of rotatable bonds is 21. The van der Waals surface area contributed by atoms with Gasteiger partial charge in [0.25, 0.3) is 0 Å². The SMILES string of the molecule is CCCCCCCCCCCCCCCCNc1ncnc(NCCc2cccs2)c1[N+](=O)[O-]. The summed E-state index contributed by atoms with van der Waals surface area (Å²) in [4.78, 5) is 20.7. The van der Waals surface area contributed by atoms with Crippen molar-refractivity contribution in [1.82, 2.24) is 9.97 Å². The van der Waals surface area contributed by atoms with Gasteiger partial charge in [-0.15, -0.1) is 11.3 Å². The van der Waals surface area contributed by atoms with Crippen molar-refractivity contribution in [2.75, 3.05) is 23.7 Å². The molecule has 0 aromatic carbocycles. The minimum Gasteiger partial charge on any atom is -0.364 e. The van der Waals surface area contributed by atoms with Gasteiger partial charge in [0.1, 0.15) is 6.33 Å². The summed E-state index contributed by atoms with van der Waals surface area (Å²) in [5, 5.41) is 19.9. The largest absolute Gasteiger partial charge is 0.364 e. The molecule has 0 aliphatic carbocycles. The zero-order valence-electron chi connectivity index (χ0n) is 20.9. The number of hydrogen-bond acceptors (Lipinski definition) is 7. The Morgan fingerprint density at radius 1 is 0.824 bits per heavy atom. The summed E-state index contributed by atoms with van der Waals surface area (Å²) in [5.41, 5.74) is -0.0703. The van der Waals surface area contributed by atoms with Gasteiger partial charge in [0.15, 0.2) is 0 Å². The van der Waals surface area contributed by atoms with E-state index in [1.54, 1.807) is 11.3 Å². The molecule has 2 rings (SSSR count). The molecule has 0 bridgehead atoms. The van der Waals surface area contributed by atoms with Crippen molar-refractivity contribution in [3.63, 3.8) is 0 Å². The van der Waals surface area contributed by atoms with E-state index in [0.29, 0.717) is 18.9 Å². The van der Waals surface area contributed by atoms with E-state index >= 15 is 0 Å². The number of nitrogens with one attached hydrogen (secondary N) is 2. The van der Waals surface area contributed by atoms with E-state index in [4.69, 9.17) is 0 Å². The first-order valence-electron chi connectivity index (χ1n) is 13.2. The van der Waals surface area contributed by atoms with Crippen LogP contribution in [0.2, 0.25) is 0 Å². The van der Waals surface area contributed by atoms with Crippen LogP contribution < -0.4 is 10.6 Å². The van der Waals surface area contributed by atoms with Gasteiger partial charge in [-0.05, 0) is 24.3 Å². The van der Waals surface area contributed by atoms with Crippen LogP contribution in [0.3, 0.4) is 0 Å². The highest BCUT2D eigenvalue weighted by atomic mass is 32.1. The smallest absolute Gasteiger partial charge is 0.353 e. The number of thiophene rings is 1. The van der Waals surface area contributed by atoms with Gasteiger partial charge in [-0.3, -0.25) is 10.1 Å². The van der Waals surface area contributed by atoms with Crippen molar-refractivity contribution in [3.8, 4) is 0 Å². The number of anilines is 2. The summed E-state index contributed by atoms with van der Waals surface area (Å²) >= 11 is 1.68. The van der Waals surface area contributed by atoms with E-state index in [-0.39, 0.29) is 11.5 Å². The van der Waals surface area contributed by atoms with Crippen molar-refractivity contribution >= 4 is 28.7 Å². The molecular formula is C26H43N5O2S. The third kappa shape index (κ3) is 11.8. The van der Waals surface area contributed by atoms with Gasteiger partial charge in [0, 0.05) is 18.0 Å². The molecule has 2 aromatic rings. The number of unbranched alkanes of at least 4 members (excludes halogenated alkanes) is 13. The molecule has 0 amide bonds. The molecule has 0 saturated heterocycles. The molecule has 34 heavy (non-hydrogen) atoms. The molecule has 0 spiro atoms. The van der Waals surface area contributed by atoms with Crippen LogP contribution in [0.4, 0.5) is 17.3 Å². The Morgan fingerprint density at radius 2 is 1.35 bits per heavy atom. The van der Waals surface area contributed by atoms with Crippen LogP contribution in [0.5, 0.6) is 0 Å². The minimum atomic E-state index is -0.402. The Morgan fingerprint density at radius 3 is 1.85 bits per heavy atom. The molecular weight excluding hydrogens is 446 g/mol. The van der Waals surface area contributed by atoms with E-state index in [0.717, 1.165) is 19.3 Å². The van der Waals surface area contributed by atoms with Crippen LogP contribution in [0.1, 0.15) is 102 Å². The molecule has 0 aliphatic rings. The summed E-state index contributed by atoms with van der Waals surface area (Å²) in [6.45, 7) is 3.55. The number of nitro groups is 1. The molecule has 2 aromatic heterocycles. The molecule has 0 atom stereocenters. The van der Waals surface area contributed by atoms with Gasteiger partial charge in [-0.25, -0.2) is 9.97 Å². The maximum Gasteiger partial charge on any atom is 0.353 e. The van der Waals surface area contributed by atoms with Crippen LogP contribution in [-0.4, -0.2) is 28.0 Å². The maximum atomic E-state index is 11.6. The fourth-order valence-electron chi connectivity index (χ4n) is 4.10. The fraction of sp³-hybridized carbons (Fsp3) is 0.692. The third-order valence-electron chi connectivity index (χ3n) is 6.07. The van der Waals surface area contributed by atoms with Crippen molar-refractivity contribution in [3.05, 3.63) is 38.8 Å². The topological polar surface area (TPSA) is 93.0 Å². The Hall–Kier alpha value is -2.22. The predicted octanol–water partition coefficient (Wildman–Crippen LogP) is 7.99. The van der Waals surface area contributed by atoms with E-state index < -0.39 is 4.92 Å². The maximum absolute atomic E-state index is 11.6. The van der Waals surface area contributed by atoms with Crippen LogP contribution in [0.15, 0.2) is 23.8 Å². The average molecular weight is 490 g/mol. The van der Waals surface area contributed by atoms with E-state index in [2.05, 4.69) is 33.6 Å². The van der Waals surface area contributed by atoms with Crippen LogP contribution in [0, 0.1) is 10.1 Å². The predicted molar refractivity (Wildman–Crippen MR) is 144 cm³/mol. The van der Waals surface area contributed by atoms with Crippen molar-refractivity contribution in [1.29, 1.82) is 0 Å². The summed E-state index contributed by atoms with van der Waals surface area (Å²) in [5.74, 6) is 0.577. The lowest BCUT2D eigenvalue weighted by atomic mass is 10.0. The first-order valence-corrected chi connectivity index (χ1v) is 14.1. The monoisotopic (exact) mass is 489 g/mol. The number of hydrogen-bond donors (Lipinski definition) is 2. The normalized spacial score (nSPS) is 11.0. The molecule has 0 fully saturated rings. The van der Waals surface area contributed by atoms with Crippen LogP contribution in [-0.2, 0) is 6.42 Å². The summed E-state index contributed by atoms with van der Waals surface area (Å²) in [6, 6.07) is 4.07. The molecule has 2 heterocycles. The Balaban J connectivity index is 1.55. The highest BCUT2D eigenvalue weighted by Crippen LogP contribution is 2.29. The van der Waals surface area contributed by atoms with Crippen molar-refractivity contribution < 1.29 is 4.92 Å². The fourth-order valence-corrected chi connectivity index (χ4v) is 4.80. The van der Waals surface area contributed by atoms with Gasteiger partial charge >= 0.3 is 5.69 Å². The molecule has 2 N–H and O–H groups in total. The van der Waals surface area contributed by atoms with E-state index in [9.17, 15) is 10.1 Å². The zero-order valence-corrected chi connectivity index (χ0v) is 21.7. The summed E-state index contributed by atoms with van der Waals surface area (Å²) in [6.07, 6.45) is 20.6. The Bertz CT molecular complexity index is 786. The second-order valence-electron chi connectivity index (χ2n) is 8.96. The Labute approximate surface area is 209 Å². The molecule has 0 unspecified atom stereocenters. The van der Waals surface area contributed by atoms with Crippen molar-refractivity contribution in [2.45, 2.75) is 103 Å². The van der Waals surface area contributed by atoms with Gasteiger partial charge in [-0.1, -0.05) is 96.5 Å². The van der Waals surface area contributed by atoms with Crippen LogP contribution in [0.25, 0.3) is 0 Å². The lowest BCUT2D eigenvalue weighted by Gasteiger charge is -2.10. The Kier molecular flexibility index (Phi) is 15.0.